The van der Waals surface area contributed by atoms with E-state index in [9.17, 15) is 4.79 Å². The van der Waals surface area contributed by atoms with Crippen LogP contribution in [0, 0.1) is 5.92 Å². The molecule has 5 heteroatoms. The first-order chi connectivity index (χ1) is 13.3. The van der Waals surface area contributed by atoms with E-state index in [0.717, 1.165) is 18.7 Å². The van der Waals surface area contributed by atoms with E-state index in [2.05, 4.69) is 10.2 Å². The molecule has 1 amide bonds. The summed E-state index contributed by atoms with van der Waals surface area (Å²) < 4.78 is 10.6. The number of nitrogens with zero attached hydrogens (tertiary/aromatic N) is 1. The second-order valence-electron chi connectivity index (χ2n) is 7.85. The predicted molar refractivity (Wildman–Crippen MR) is 107 cm³/mol. The third-order valence-corrected chi connectivity index (χ3v) is 5.84. The van der Waals surface area contributed by atoms with Crippen molar-refractivity contribution in [1.29, 1.82) is 0 Å². The van der Waals surface area contributed by atoms with Crippen LogP contribution in [-0.2, 0) is 4.74 Å². The molecule has 0 radical (unpaired) electrons. The number of benzene rings is 1. The summed E-state index contributed by atoms with van der Waals surface area (Å²) in [6, 6.07) is 7.71. The van der Waals surface area contributed by atoms with Gasteiger partial charge in [-0.05, 0) is 69.0 Å². The van der Waals surface area contributed by atoms with Crippen LogP contribution >= 0.6 is 0 Å². The minimum absolute atomic E-state index is 0.0361. The number of rotatable bonds is 8. The topological polar surface area (TPSA) is 50.8 Å². The molecule has 1 N–H and O–H groups in total. The van der Waals surface area contributed by atoms with Crippen molar-refractivity contribution >= 4 is 5.91 Å². The third-order valence-electron chi connectivity index (χ3n) is 5.84. The standard InChI is InChI=1S/C22H34N2O3/c1-26-15-16-27-20-11-9-18(10-12-20)22(25)23-21-8-4-3-7-19(21)17-24-13-5-2-6-14-24/h9-12,19,21H,2-8,13-17H2,1H3,(H,23,25)/t19-,21?/m0/s1. The van der Waals surface area contributed by atoms with E-state index in [1.807, 2.05) is 24.3 Å². The van der Waals surface area contributed by atoms with Crippen LogP contribution < -0.4 is 10.1 Å². The number of nitrogens with one attached hydrogen (secondary N) is 1. The Kier molecular flexibility index (Phi) is 7.96. The molecule has 0 aromatic heterocycles. The van der Waals surface area contributed by atoms with Crippen LogP contribution in [0.4, 0.5) is 0 Å². The van der Waals surface area contributed by atoms with Crippen molar-refractivity contribution in [3.05, 3.63) is 29.8 Å². The molecule has 0 bridgehead atoms. The summed E-state index contributed by atoms with van der Waals surface area (Å²) >= 11 is 0. The fourth-order valence-corrected chi connectivity index (χ4v) is 4.29. The molecule has 1 unspecified atom stereocenters. The lowest BCUT2D eigenvalue weighted by Gasteiger charge is -2.37. The first-order valence-corrected chi connectivity index (χ1v) is 10.5. The van der Waals surface area contributed by atoms with E-state index < -0.39 is 0 Å². The summed E-state index contributed by atoms with van der Waals surface area (Å²) in [6.07, 6.45) is 8.85. The molecule has 27 heavy (non-hydrogen) atoms. The molecule has 1 aromatic carbocycles. The molecule has 1 aliphatic carbocycles. The Hall–Kier alpha value is -1.59. The number of amides is 1. The maximum Gasteiger partial charge on any atom is 0.251 e. The molecule has 3 rings (SSSR count). The van der Waals surface area contributed by atoms with Gasteiger partial charge >= 0.3 is 0 Å². The summed E-state index contributed by atoms with van der Waals surface area (Å²) in [5.41, 5.74) is 0.705. The molecular formula is C22H34N2O3. The van der Waals surface area contributed by atoms with Gasteiger partial charge in [0.05, 0.1) is 6.61 Å². The Morgan fingerprint density at radius 1 is 1.04 bits per heavy atom. The van der Waals surface area contributed by atoms with Crippen molar-refractivity contribution in [3.63, 3.8) is 0 Å². The van der Waals surface area contributed by atoms with Gasteiger partial charge in [-0.1, -0.05) is 19.3 Å². The lowest BCUT2D eigenvalue weighted by Crippen LogP contribution is -2.47. The lowest BCUT2D eigenvalue weighted by molar-refractivity contribution is 0.0877. The van der Waals surface area contributed by atoms with Gasteiger partial charge < -0.3 is 19.7 Å². The largest absolute Gasteiger partial charge is 0.491 e. The Bertz CT molecular complexity index is 569. The van der Waals surface area contributed by atoms with Crippen LogP contribution in [-0.4, -0.2) is 56.8 Å². The second-order valence-corrected chi connectivity index (χ2v) is 7.85. The first-order valence-electron chi connectivity index (χ1n) is 10.5. The molecule has 1 aromatic rings. The molecular weight excluding hydrogens is 340 g/mol. The number of likely N-dealkylation sites (tertiary alicyclic amines) is 1. The summed E-state index contributed by atoms with van der Waals surface area (Å²) in [7, 11) is 1.65. The van der Waals surface area contributed by atoms with Crippen molar-refractivity contribution in [2.45, 2.75) is 51.0 Å². The summed E-state index contributed by atoms with van der Waals surface area (Å²) in [4.78, 5) is 15.3. The molecule has 1 heterocycles. The zero-order chi connectivity index (χ0) is 18.9. The van der Waals surface area contributed by atoms with E-state index >= 15 is 0 Å². The van der Waals surface area contributed by atoms with E-state index in [0.29, 0.717) is 30.7 Å². The predicted octanol–water partition coefficient (Wildman–Crippen LogP) is 3.49. The number of piperidine rings is 1. The van der Waals surface area contributed by atoms with Crippen LogP contribution in [0.25, 0.3) is 0 Å². The highest BCUT2D eigenvalue weighted by molar-refractivity contribution is 5.94. The SMILES string of the molecule is COCCOc1ccc(C(=O)NC2CCCC[C@H]2CN2CCCCC2)cc1. The van der Waals surface area contributed by atoms with Gasteiger partial charge in [-0.15, -0.1) is 0 Å². The number of hydrogen-bond acceptors (Lipinski definition) is 4. The highest BCUT2D eigenvalue weighted by atomic mass is 16.5. The van der Waals surface area contributed by atoms with Gasteiger partial charge in [0, 0.05) is 25.3 Å². The molecule has 1 saturated carbocycles. The van der Waals surface area contributed by atoms with Crippen LogP contribution in [0.15, 0.2) is 24.3 Å². The van der Waals surface area contributed by atoms with Gasteiger partial charge in [-0.25, -0.2) is 0 Å². The van der Waals surface area contributed by atoms with Gasteiger partial charge in [-0.3, -0.25) is 4.79 Å². The molecule has 1 saturated heterocycles. The number of hydrogen-bond donors (Lipinski definition) is 1. The molecule has 5 nitrogen and oxygen atoms in total. The lowest BCUT2D eigenvalue weighted by atomic mass is 9.83. The highest BCUT2D eigenvalue weighted by Gasteiger charge is 2.28. The minimum atomic E-state index is 0.0361. The van der Waals surface area contributed by atoms with Crippen molar-refractivity contribution in [2.24, 2.45) is 5.92 Å². The number of carbonyl (C=O) groups excluding carboxylic acids is 1. The van der Waals surface area contributed by atoms with E-state index in [1.165, 1.54) is 51.6 Å². The van der Waals surface area contributed by atoms with Crippen molar-refractivity contribution in [2.75, 3.05) is 40.0 Å². The van der Waals surface area contributed by atoms with Gasteiger partial charge in [0.2, 0.25) is 0 Å². The van der Waals surface area contributed by atoms with Crippen molar-refractivity contribution in [1.82, 2.24) is 10.2 Å². The molecule has 2 aliphatic rings. The molecule has 150 valence electrons. The molecule has 2 fully saturated rings. The average Bonchev–Trinajstić information content (AvgIpc) is 2.71. The second kappa shape index (κ2) is 10.7. The molecule has 1 aliphatic heterocycles. The Labute approximate surface area is 163 Å². The highest BCUT2D eigenvalue weighted by Crippen LogP contribution is 2.27. The average molecular weight is 375 g/mol. The van der Waals surface area contributed by atoms with E-state index in [-0.39, 0.29) is 5.91 Å². The Balaban J connectivity index is 1.52. The van der Waals surface area contributed by atoms with Crippen molar-refractivity contribution < 1.29 is 14.3 Å². The quantitative estimate of drug-likeness (QED) is 0.708. The van der Waals surface area contributed by atoms with E-state index in [1.54, 1.807) is 7.11 Å². The summed E-state index contributed by atoms with van der Waals surface area (Å²) in [6.45, 7) is 4.66. The number of methoxy groups -OCH3 is 1. The fraction of sp³-hybridized carbons (Fsp3) is 0.682. The first kappa shape index (κ1) is 20.2. The van der Waals surface area contributed by atoms with Crippen LogP contribution in [0.2, 0.25) is 0 Å². The number of ether oxygens (including phenoxy) is 2. The van der Waals surface area contributed by atoms with Crippen LogP contribution in [0.5, 0.6) is 5.75 Å². The third kappa shape index (κ3) is 6.22. The Morgan fingerprint density at radius 2 is 1.78 bits per heavy atom. The van der Waals surface area contributed by atoms with Gasteiger partial charge in [0.15, 0.2) is 0 Å². The summed E-state index contributed by atoms with van der Waals surface area (Å²) in [5.74, 6) is 1.38. The van der Waals surface area contributed by atoms with Gasteiger partial charge in [-0.2, -0.15) is 0 Å². The zero-order valence-corrected chi connectivity index (χ0v) is 16.6. The van der Waals surface area contributed by atoms with E-state index in [4.69, 9.17) is 9.47 Å². The minimum Gasteiger partial charge on any atom is -0.491 e. The molecule has 0 spiro atoms. The summed E-state index contributed by atoms with van der Waals surface area (Å²) in [5, 5.41) is 3.32. The maximum atomic E-state index is 12.7. The van der Waals surface area contributed by atoms with Crippen LogP contribution in [0.1, 0.15) is 55.3 Å². The zero-order valence-electron chi connectivity index (χ0n) is 16.6. The number of carbonyl (C=O) groups is 1. The Morgan fingerprint density at radius 3 is 2.52 bits per heavy atom. The van der Waals surface area contributed by atoms with Crippen LogP contribution in [0.3, 0.4) is 0 Å². The monoisotopic (exact) mass is 374 g/mol. The smallest absolute Gasteiger partial charge is 0.251 e. The molecule has 2 atom stereocenters. The van der Waals surface area contributed by atoms with Crippen molar-refractivity contribution in [3.8, 4) is 5.75 Å². The van der Waals surface area contributed by atoms with Gasteiger partial charge in [0.25, 0.3) is 5.91 Å². The van der Waals surface area contributed by atoms with Gasteiger partial charge in [0.1, 0.15) is 12.4 Å². The fourth-order valence-electron chi connectivity index (χ4n) is 4.29. The maximum absolute atomic E-state index is 12.7. The normalized spacial score (nSPS) is 23.7.